The van der Waals surface area contributed by atoms with E-state index in [-0.39, 0.29) is 11.5 Å². The molecule has 23 heavy (non-hydrogen) atoms. The number of hydrogen-bond donors (Lipinski definition) is 1. The van der Waals surface area contributed by atoms with Crippen LogP contribution in [0, 0.1) is 19.8 Å². The monoisotopic (exact) mass is 334 g/mol. The molecule has 0 aliphatic heterocycles. The largest absolute Gasteiger partial charge is 0.454 e. The van der Waals surface area contributed by atoms with Gasteiger partial charge in [0.15, 0.2) is 11.9 Å². The second-order valence-corrected chi connectivity index (χ2v) is 7.60. The molecule has 6 heteroatoms. The SMILES string of the molecule is Cc1sc2nc([C@H](C)OC(=O)CC3CCCC3)[nH]c(=O)c2c1C. The van der Waals surface area contributed by atoms with E-state index in [4.69, 9.17) is 4.74 Å². The predicted octanol–water partition coefficient (Wildman–Crippen LogP) is 3.79. The smallest absolute Gasteiger partial charge is 0.306 e. The zero-order valence-electron chi connectivity index (χ0n) is 13.8. The summed E-state index contributed by atoms with van der Waals surface area (Å²) in [5, 5.41) is 0.640. The molecule has 2 aromatic rings. The van der Waals surface area contributed by atoms with Gasteiger partial charge in [-0.3, -0.25) is 9.59 Å². The van der Waals surface area contributed by atoms with E-state index in [1.807, 2.05) is 13.8 Å². The Bertz CT molecular complexity index is 787. The summed E-state index contributed by atoms with van der Waals surface area (Å²) in [4.78, 5) is 33.4. The van der Waals surface area contributed by atoms with Crippen LogP contribution in [0.3, 0.4) is 0 Å². The molecule has 1 N–H and O–H groups in total. The van der Waals surface area contributed by atoms with Crippen molar-refractivity contribution in [3.8, 4) is 0 Å². The van der Waals surface area contributed by atoms with Crippen molar-refractivity contribution in [3.05, 3.63) is 26.6 Å². The third-order valence-corrected chi connectivity index (χ3v) is 5.78. The van der Waals surface area contributed by atoms with Crippen molar-refractivity contribution in [1.29, 1.82) is 0 Å². The Morgan fingerprint density at radius 2 is 2.09 bits per heavy atom. The lowest BCUT2D eigenvalue weighted by molar-refractivity contribution is -0.150. The number of esters is 1. The fourth-order valence-corrected chi connectivity index (χ4v) is 4.25. The molecule has 3 rings (SSSR count). The summed E-state index contributed by atoms with van der Waals surface area (Å²) in [6, 6.07) is 0. The maximum Gasteiger partial charge on any atom is 0.306 e. The van der Waals surface area contributed by atoms with Crippen molar-refractivity contribution in [3.63, 3.8) is 0 Å². The van der Waals surface area contributed by atoms with Gasteiger partial charge in [0.05, 0.1) is 5.39 Å². The van der Waals surface area contributed by atoms with Crippen molar-refractivity contribution < 1.29 is 9.53 Å². The standard InChI is InChI=1S/C17H22N2O3S/c1-9-11(3)23-17-14(9)16(21)18-15(19-17)10(2)22-13(20)8-12-6-4-5-7-12/h10,12H,4-8H2,1-3H3,(H,18,19,21)/t10-/m0/s1. The number of nitrogens with zero attached hydrogens (tertiary/aromatic N) is 1. The van der Waals surface area contributed by atoms with Crippen LogP contribution in [0.5, 0.6) is 0 Å². The number of thiophene rings is 1. The van der Waals surface area contributed by atoms with E-state index in [1.165, 1.54) is 24.2 Å². The van der Waals surface area contributed by atoms with E-state index in [0.717, 1.165) is 23.3 Å². The summed E-state index contributed by atoms with van der Waals surface area (Å²) >= 11 is 1.50. The highest BCUT2D eigenvalue weighted by molar-refractivity contribution is 7.18. The number of aromatic amines is 1. The molecule has 124 valence electrons. The number of fused-ring (bicyclic) bond motifs is 1. The van der Waals surface area contributed by atoms with E-state index in [0.29, 0.717) is 28.4 Å². The molecule has 0 saturated heterocycles. The van der Waals surface area contributed by atoms with Gasteiger partial charge in [-0.25, -0.2) is 4.98 Å². The minimum atomic E-state index is -0.538. The van der Waals surface area contributed by atoms with Crippen molar-refractivity contribution in [2.45, 2.75) is 59.0 Å². The molecule has 0 amide bonds. The van der Waals surface area contributed by atoms with Crippen LogP contribution in [-0.2, 0) is 9.53 Å². The van der Waals surface area contributed by atoms with Crippen LogP contribution in [0.15, 0.2) is 4.79 Å². The lowest BCUT2D eigenvalue weighted by atomic mass is 10.0. The second-order valence-electron chi connectivity index (χ2n) is 6.40. The molecule has 0 spiro atoms. The van der Waals surface area contributed by atoms with Crippen LogP contribution < -0.4 is 5.56 Å². The molecule has 2 heterocycles. The highest BCUT2D eigenvalue weighted by Crippen LogP contribution is 2.29. The predicted molar refractivity (Wildman–Crippen MR) is 90.8 cm³/mol. The topological polar surface area (TPSA) is 72.0 Å². The molecular weight excluding hydrogens is 312 g/mol. The van der Waals surface area contributed by atoms with Gasteiger partial charge in [0.2, 0.25) is 0 Å². The third-order valence-electron chi connectivity index (χ3n) is 4.68. The number of aryl methyl sites for hydroxylation is 2. The molecule has 1 saturated carbocycles. The van der Waals surface area contributed by atoms with Crippen molar-refractivity contribution >= 4 is 27.5 Å². The van der Waals surface area contributed by atoms with Gasteiger partial charge in [-0.2, -0.15) is 0 Å². The third kappa shape index (κ3) is 3.32. The van der Waals surface area contributed by atoms with Gasteiger partial charge in [-0.05, 0) is 45.1 Å². The molecule has 1 aliphatic carbocycles. The molecule has 5 nitrogen and oxygen atoms in total. The van der Waals surface area contributed by atoms with Crippen LogP contribution in [0.2, 0.25) is 0 Å². The van der Waals surface area contributed by atoms with Gasteiger partial charge in [0.1, 0.15) is 4.83 Å². The first-order valence-corrected chi connectivity index (χ1v) is 8.96. The maximum atomic E-state index is 12.3. The Labute approximate surface area is 139 Å². The van der Waals surface area contributed by atoms with Crippen molar-refractivity contribution in [1.82, 2.24) is 9.97 Å². The number of hydrogen-bond acceptors (Lipinski definition) is 5. The van der Waals surface area contributed by atoms with E-state index >= 15 is 0 Å². The van der Waals surface area contributed by atoms with Gasteiger partial charge < -0.3 is 9.72 Å². The first-order chi connectivity index (χ1) is 11.0. The molecule has 0 bridgehead atoms. The number of carbonyl (C=O) groups excluding carboxylic acids is 1. The second kappa shape index (κ2) is 6.43. The number of nitrogens with one attached hydrogen (secondary N) is 1. The van der Waals surface area contributed by atoms with Crippen LogP contribution in [0.25, 0.3) is 10.2 Å². The van der Waals surface area contributed by atoms with Crippen LogP contribution in [-0.4, -0.2) is 15.9 Å². The minimum absolute atomic E-state index is 0.162. The van der Waals surface area contributed by atoms with E-state index < -0.39 is 6.10 Å². The quantitative estimate of drug-likeness (QED) is 0.864. The summed E-state index contributed by atoms with van der Waals surface area (Å²) < 4.78 is 5.47. The highest BCUT2D eigenvalue weighted by atomic mass is 32.1. The molecule has 1 fully saturated rings. The van der Waals surface area contributed by atoms with E-state index in [1.54, 1.807) is 6.92 Å². The summed E-state index contributed by atoms with van der Waals surface area (Å²) in [6.07, 6.45) is 4.56. The van der Waals surface area contributed by atoms with Gasteiger partial charge in [-0.15, -0.1) is 11.3 Å². The van der Waals surface area contributed by atoms with E-state index in [2.05, 4.69) is 9.97 Å². The fourth-order valence-electron chi connectivity index (χ4n) is 3.22. The fraction of sp³-hybridized carbons (Fsp3) is 0.588. The first-order valence-electron chi connectivity index (χ1n) is 8.15. The Morgan fingerprint density at radius 1 is 1.39 bits per heavy atom. The average Bonchev–Trinajstić information content (AvgIpc) is 3.07. The molecule has 0 aromatic carbocycles. The summed E-state index contributed by atoms with van der Waals surface area (Å²) in [5.74, 6) is 0.668. The molecule has 0 unspecified atom stereocenters. The molecule has 1 aliphatic rings. The number of carbonyl (C=O) groups is 1. The lowest BCUT2D eigenvalue weighted by Crippen LogP contribution is -2.18. The summed E-state index contributed by atoms with van der Waals surface area (Å²) in [5.41, 5.74) is 0.807. The number of H-pyrrole nitrogens is 1. The zero-order chi connectivity index (χ0) is 16.6. The van der Waals surface area contributed by atoms with Gasteiger partial charge in [0.25, 0.3) is 5.56 Å². The molecule has 2 aromatic heterocycles. The summed E-state index contributed by atoms with van der Waals surface area (Å²) in [7, 11) is 0. The van der Waals surface area contributed by atoms with Crippen LogP contribution in [0.4, 0.5) is 0 Å². The number of rotatable bonds is 4. The average molecular weight is 334 g/mol. The van der Waals surface area contributed by atoms with Crippen molar-refractivity contribution in [2.24, 2.45) is 5.92 Å². The lowest BCUT2D eigenvalue weighted by Gasteiger charge is -2.14. The Kier molecular flexibility index (Phi) is 4.53. The van der Waals surface area contributed by atoms with Crippen LogP contribution in [0.1, 0.15) is 61.4 Å². The Morgan fingerprint density at radius 3 is 2.78 bits per heavy atom. The molecular formula is C17H22N2O3S. The Balaban J connectivity index is 1.76. The van der Waals surface area contributed by atoms with Crippen LogP contribution >= 0.6 is 11.3 Å². The highest BCUT2D eigenvalue weighted by Gasteiger charge is 2.22. The maximum absolute atomic E-state index is 12.3. The van der Waals surface area contributed by atoms with Crippen molar-refractivity contribution in [2.75, 3.05) is 0 Å². The normalized spacial score (nSPS) is 16.8. The van der Waals surface area contributed by atoms with Gasteiger partial charge in [0, 0.05) is 11.3 Å². The number of ether oxygens (including phenoxy) is 1. The zero-order valence-corrected chi connectivity index (χ0v) is 14.6. The minimum Gasteiger partial charge on any atom is -0.454 e. The molecule has 0 radical (unpaired) electrons. The Hall–Kier alpha value is -1.69. The van der Waals surface area contributed by atoms with E-state index in [9.17, 15) is 9.59 Å². The first kappa shape index (κ1) is 16.2. The number of aromatic nitrogens is 2. The van der Waals surface area contributed by atoms with Gasteiger partial charge >= 0.3 is 5.97 Å². The summed E-state index contributed by atoms with van der Waals surface area (Å²) in [6.45, 7) is 5.66. The van der Waals surface area contributed by atoms with Gasteiger partial charge in [-0.1, -0.05) is 12.8 Å². The molecule has 1 atom stereocenters.